The maximum Gasteiger partial charge on any atom is 0.265 e. The highest BCUT2D eigenvalue weighted by molar-refractivity contribution is 7.08. The van der Waals surface area contributed by atoms with E-state index < -0.39 is 0 Å². The van der Waals surface area contributed by atoms with Crippen molar-refractivity contribution in [2.24, 2.45) is 11.8 Å². The minimum Gasteiger partial charge on any atom is -0.348 e. The third kappa shape index (κ3) is 3.54. The van der Waals surface area contributed by atoms with Gasteiger partial charge in [0.05, 0.1) is 0 Å². The Morgan fingerprint density at radius 2 is 1.69 bits per heavy atom. The van der Waals surface area contributed by atoms with Gasteiger partial charge in [0.15, 0.2) is 0 Å². The van der Waals surface area contributed by atoms with Gasteiger partial charge in [-0.1, -0.05) is 54.4 Å². The zero-order valence-electron chi connectivity index (χ0n) is 15.4. The van der Waals surface area contributed by atoms with Crippen LogP contribution in [0.3, 0.4) is 0 Å². The molecular weight excluding hydrogens is 342 g/mol. The van der Waals surface area contributed by atoms with Crippen LogP contribution < -0.4 is 5.32 Å². The fourth-order valence-corrected chi connectivity index (χ4v) is 5.41. The molecule has 2 fully saturated rings. The zero-order chi connectivity index (χ0) is 17.9. The smallest absolute Gasteiger partial charge is 0.265 e. The SMILES string of the molecule is Cc1ccccc1-c1nnsc1C(=O)NC(C1CCCC1)C1CCCC1. The number of carbonyl (C=O) groups is 1. The van der Waals surface area contributed by atoms with Crippen LogP contribution in [0.4, 0.5) is 0 Å². The first-order valence-electron chi connectivity index (χ1n) is 9.93. The summed E-state index contributed by atoms with van der Waals surface area (Å²) in [5.41, 5.74) is 2.85. The summed E-state index contributed by atoms with van der Waals surface area (Å²) in [6.07, 6.45) is 10.3. The summed E-state index contributed by atoms with van der Waals surface area (Å²) in [5.74, 6) is 1.30. The first-order valence-corrected chi connectivity index (χ1v) is 10.7. The van der Waals surface area contributed by atoms with Gasteiger partial charge in [0.25, 0.3) is 5.91 Å². The molecule has 138 valence electrons. The molecule has 0 unspecified atom stereocenters. The highest BCUT2D eigenvalue weighted by Gasteiger charge is 2.35. The Hall–Kier alpha value is -1.75. The number of nitrogens with zero attached hydrogens (tertiary/aromatic N) is 2. The lowest BCUT2D eigenvalue weighted by Crippen LogP contribution is -2.44. The summed E-state index contributed by atoms with van der Waals surface area (Å²) in [4.78, 5) is 13.8. The van der Waals surface area contributed by atoms with Gasteiger partial charge >= 0.3 is 0 Å². The van der Waals surface area contributed by atoms with E-state index in [0.717, 1.165) is 16.8 Å². The standard InChI is InChI=1S/C21H27N3OS/c1-14-8-2-7-13-17(14)19-20(26-24-23-19)21(25)22-18(15-9-3-4-10-15)16-11-5-6-12-16/h2,7-8,13,15-16,18H,3-6,9-12H2,1H3,(H,22,25). The van der Waals surface area contributed by atoms with Gasteiger partial charge in [-0.05, 0) is 61.5 Å². The predicted molar refractivity (Wildman–Crippen MR) is 105 cm³/mol. The van der Waals surface area contributed by atoms with Crippen LogP contribution in [0.15, 0.2) is 24.3 Å². The Kier molecular flexibility index (Phi) is 5.34. The number of benzene rings is 1. The molecule has 1 amide bonds. The topological polar surface area (TPSA) is 54.9 Å². The van der Waals surface area contributed by atoms with Crippen LogP contribution >= 0.6 is 11.5 Å². The Bertz CT molecular complexity index is 744. The Balaban J connectivity index is 1.57. The van der Waals surface area contributed by atoms with Crippen LogP contribution in [0.1, 0.15) is 66.6 Å². The lowest BCUT2D eigenvalue weighted by atomic mass is 9.85. The number of hydrogen-bond acceptors (Lipinski definition) is 4. The molecule has 4 nitrogen and oxygen atoms in total. The molecule has 0 bridgehead atoms. The first-order chi connectivity index (χ1) is 12.7. The number of aromatic nitrogens is 2. The molecule has 2 aromatic rings. The van der Waals surface area contributed by atoms with E-state index in [1.165, 1.54) is 62.9 Å². The van der Waals surface area contributed by atoms with E-state index in [-0.39, 0.29) is 5.91 Å². The maximum atomic E-state index is 13.2. The van der Waals surface area contributed by atoms with Crippen molar-refractivity contribution in [2.75, 3.05) is 0 Å². The summed E-state index contributed by atoms with van der Waals surface area (Å²) < 4.78 is 4.09. The summed E-state index contributed by atoms with van der Waals surface area (Å²) in [5, 5.41) is 7.70. The second kappa shape index (κ2) is 7.87. The predicted octanol–water partition coefficient (Wildman–Crippen LogP) is 4.99. The van der Waals surface area contributed by atoms with Crippen molar-refractivity contribution in [3.8, 4) is 11.3 Å². The molecule has 1 N–H and O–H groups in total. The molecule has 0 atom stereocenters. The second-order valence-corrected chi connectivity index (χ2v) is 8.61. The van der Waals surface area contributed by atoms with E-state index in [2.05, 4.69) is 27.9 Å². The Labute approximate surface area is 159 Å². The number of carbonyl (C=O) groups excluding carboxylic acids is 1. The molecule has 0 radical (unpaired) electrons. The molecule has 1 aromatic carbocycles. The fraction of sp³-hybridized carbons (Fsp3) is 0.571. The van der Waals surface area contributed by atoms with Crippen molar-refractivity contribution in [3.63, 3.8) is 0 Å². The minimum atomic E-state index is 0.0158. The molecule has 0 saturated heterocycles. The summed E-state index contributed by atoms with van der Waals surface area (Å²) in [7, 11) is 0. The van der Waals surface area contributed by atoms with Gasteiger partial charge in [0.1, 0.15) is 10.6 Å². The third-order valence-corrected chi connectivity index (χ3v) is 6.93. The molecule has 2 aliphatic rings. The molecular formula is C21H27N3OS. The van der Waals surface area contributed by atoms with Crippen molar-refractivity contribution in [1.29, 1.82) is 0 Å². The molecule has 1 heterocycles. The van der Waals surface area contributed by atoms with Crippen LogP contribution in [-0.2, 0) is 0 Å². The largest absolute Gasteiger partial charge is 0.348 e. The average molecular weight is 370 g/mol. The number of amides is 1. The fourth-order valence-electron chi connectivity index (χ4n) is 4.83. The summed E-state index contributed by atoms with van der Waals surface area (Å²) >= 11 is 1.22. The monoisotopic (exact) mass is 369 g/mol. The molecule has 2 aliphatic carbocycles. The van der Waals surface area contributed by atoms with Gasteiger partial charge in [0.2, 0.25) is 0 Å². The molecule has 0 aliphatic heterocycles. The number of aryl methyl sites for hydroxylation is 1. The molecule has 26 heavy (non-hydrogen) atoms. The van der Waals surface area contributed by atoms with Crippen LogP contribution in [0, 0.1) is 18.8 Å². The molecule has 4 rings (SSSR count). The highest BCUT2D eigenvalue weighted by Crippen LogP contribution is 2.38. The molecule has 0 spiro atoms. The highest BCUT2D eigenvalue weighted by atomic mass is 32.1. The van der Waals surface area contributed by atoms with Crippen LogP contribution in [0.25, 0.3) is 11.3 Å². The lowest BCUT2D eigenvalue weighted by Gasteiger charge is -2.30. The van der Waals surface area contributed by atoms with Crippen molar-refractivity contribution in [3.05, 3.63) is 34.7 Å². The van der Waals surface area contributed by atoms with E-state index in [1.54, 1.807) is 0 Å². The zero-order valence-corrected chi connectivity index (χ0v) is 16.2. The number of hydrogen-bond donors (Lipinski definition) is 1. The normalized spacial score (nSPS) is 18.7. The number of nitrogens with one attached hydrogen (secondary N) is 1. The Morgan fingerprint density at radius 3 is 2.31 bits per heavy atom. The lowest BCUT2D eigenvalue weighted by molar-refractivity contribution is 0.0903. The molecule has 5 heteroatoms. The van der Waals surface area contributed by atoms with Crippen molar-refractivity contribution >= 4 is 17.4 Å². The van der Waals surface area contributed by atoms with E-state index in [0.29, 0.717) is 22.8 Å². The maximum absolute atomic E-state index is 13.2. The van der Waals surface area contributed by atoms with Crippen molar-refractivity contribution in [1.82, 2.24) is 14.9 Å². The van der Waals surface area contributed by atoms with Gasteiger partial charge in [-0.2, -0.15) is 0 Å². The summed E-state index contributed by atoms with van der Waals surface area (Å²) in [6, 6.07) is 8.39. The van der Waals surface area contributed by atoms with Crippen molar-refractivity contribution < 1.29 is 4.79 Å². The van der Waals surface area contributed by atoms with Gasteiger partial charge < -0.3 is 5.32 Å². The van der Waals surface area contributed by atoms with Gasteiger partial charge in [-0.15, -0.1) is 5.10 Å². The van der Waals surface area contributed by atoms with E-state index in [4.69, 9.17) is 0 Å². The average Bonchev–Trinajstić information content (AvgIpc) is 3.42. The van der Waals surface area contributed by atoms with Crippen LogP contribution in [0.5, 0.6) is 0 Å². The third-order valence-electron chi connectivity index (χ3n) is 6.21. The quantitative estimate of drug-likeness (QED) is 0.807. The number of rotatable bonds is 5. The molecule has 1 aromatic heterocycles. The molecule has 2 saturated carbocycles. The Morgan fingerprint density at radius 1 is 1.08 bits per heavy atom. The van der Waals surface area contributed by atoms with Crippen molar-refractivity contribution in [2.45, 2.75) is 64.3 Å². The van der Waals surface area contributed by atoms with E-state index >= 15 is 0 Å². The second-order valence-electron chi connectivity index (χ2n) is 7.85. The van der Waals surface area contributed by atoms with Crippen LogP contribution in [0.2, 0.25) is 0 Å². The van der Waals surface area contributed by atoms with E-state index in [9.17, 15) is 4.79 Å². The summed E-state index contributed by atoms with van der Waals surface area (Å²) in [6.45, 7) is 2.05. The van der Waals surface area contributed by atoms with Crippen LogP contribution in [-0.4, -0.2) is 21.5 Å². The minimum absolute atomic E-state index is 0.0158. The first kappa shape index (κ1) is 17.7. The van der Waals surface area contributed by atoms with E-state index in [1.807, 2.05) is 18.2 Å². The van der Waals surface area contributed by atoms with Gasteiger partial charge in [-0.3, -0.25) is 4.79 Å². The van der Waals surface area contributed by atoms with Gasteiger partial charge in [0, 0.05) is 11.6 Å². The van der Waals surface area contributed by atoms with Gasteiger partial charge in [-0.25, -0.2) is 0 Å².